The van der Waals surface area contributed by atoms with Gasteiger partial charge in [-0.25, -0.2) is 4.79 Å². The number of hydrogen-bond acceptors (Lipinski definition) is 5. The second-order valence-electron chi connectivity index (χ2n) is 3.11. The van der Waals surface area contributed by atoms with E-state index >= 15 is 0 Å². The Balaban J connectivity index is 3.04. The zero-order valence-corrected chi connectivity index (χ0v) is 9.84. The van der Waals surface area contributed by atoms with Gasteiger partial charge in [0.2, 0.25) is 0 Å². The van der Waals surface area contributed by atoms with Gasteiger partial charge in [0.05, 0.1) is 12.8 Å². The van der Waals surface area contributed by atoms with Crippen LogP contribution in [0.2, 0.25) is 0 Å². The molecular weight excluding hydrogens is 222 g/mol. The lowest BCUT2D eigenvalue weighted by Crippen LogP contribution is -2.08. The van der Waals surface area contributed by atoms with Gasteiger partial charge in [0.1, 0.15) is 17.9 Å². The first-order valence-electron chi connectivity index (χ1n) is 5.35. The number of hydrogen-bond donors (Lipinski definition) is 1. The average molecular weight is 237 g/mol. The Hall–Kier alpha value is -2.04. The molecule has 1 N–H and O–H groups in total. The van der Waals surface area contributed by atoms with Crippen molar-refractivity contribution < 1.29 is 19.5 Å². The first-order valence-corrected chi connectivity index (χ1v) is 5.35. The van der Waals surface area contributed by atoms with Crippen LogP contribution < -0.4 is 0 Å². The van der Waals surface area contributed by atoms with E-state index in [9.17, 15) is 9.90 Å². The lowest BCUT2D eigenvalue weighted by molar-refractivity contribution is 0.0523. The smallest absolute Gasteiger partial charge is 0.342 e. The Bertz CT molecular complexity index is 415. The van der Waals surface area contributed by atoms with Gasteiger partial charge in [-0.05, 0) is 19.9 Å². The summed E-state index contributed by atoms with van der Waals surface area (Å²) in [5.74, 6) is -0.715. The minimum absolute atomic E-state index is 0.0952. The minimum Gasteiger partial charge on any atom is -0.507 e. The third-order valence-electron chi connectivity index (χ3n) is 1.95. The van der Waals surface area contributed by atoms with Crippen molar-refractivity contribution in [2.75, 3.05) is 13.2 Å². The number of carbonyl (C=O) groups is 1. The summed E-state index contributed by atoms with van der Waals surface area (Å²) >= 11 is 0. The van der Waals surface area contributed by atoms with Crippen LogP contribution in [0.25, 0.3) is 0 Å². The highest BCUT2D eigenvalue weighted by Gasteiger charge is 2.16. The maximum absolute atomic E-state index is 11.6. The van der Waals surface area contributed by atoms with E-state index in [-0.39, 0.29) is 17.9 Å². The summed E-state index contributed by atoms with van der Waals surface area (Å²) in [6.45, 7) is 4.18. The fourth-order valence-corrected chi connectivity index (χ4v) is 1.26. The first kappa shape index (κ1) is 13.0. The van der Waals surface area contributed by atoms with Crippen LogP contribution in [0.4, 0.5) is 0 Å². The Kier molecular flexibility index (Phi) is 5.00. The zero-order chi connectivity index (χ0) is 12.7. The molecule has 5 heteroatoms. The number of aromatic hydroxyl groups is 1. The molecule has 17 heavy (non-hydrogen) atoms. The maximum atomic E-state index is 11.6. The lowest BCUT2D eigenvalue weighted by Gasteiger charge is -2.06. The average Bonchev–Trinajstić information content (AvgIpc) is 2.29. The van der Waals surface area contributed by atoms with Crippen molar-refractivity contribution in [1.29, 1.82) is 0 Å². The molecule has 0 spiro atoms. The number of phenols is 1. The number of benzene rings is 1. The fraction of sp³-hybridized carbons (Fsp3) is 0.333. The third kappa shape index (κ3) is 3.48. The second kappa shape index (κ2) is 6.52. The molecule has 0 aliphatic heterocycles. The van der Waals surface area contributed by atoms with Gasteiger partial charge in [-0.15, -0.1) is 0 Å². The Morgan fingerprint density at radius 2 is 2.18 bits per heavy atom. The van der Waals surface area contributed by atoms with Crippen LogP contribution in [0.5, 0.6) is 5.75 Å². The van der Waals surface area contributed by atoms with E-state index in [1.807, 2.05) is 0 Å². The molecule has 0 fully saturated rings. The molecule has 0 aliphatic rings. The number of oxime groups is 1. The molecule has 0 aliphatic carbocycles. The van der Waals surface area contributed by atoms with Crippen molar-refractivity contribution in [3.8, 4) is 5.75 Å². The van der Waals surface area contributed by atoms with E-state index in [2.05, 4.69) is 5.16 Å². The Morgan fingerprint density at radius 1 is 1.41 bits per heavy atom. The summed E-state index contributed by atoms with van der Waals surface area (Å²) in [5.41, 5.74) is 0.551. The van der Waals surface area contributed by atoms with Crippen LogP contribution >= 0.6 is 0 Å². The second-order valence-corrected chi connectivity index (χ2v) is 3.11. The summed E-state index contributed by atoms with van der Waals surface area (Å²) in [7, 11) is 0. The molecule has 0 unspecified atom stereocenters. The molecule has 92 valence electrons. The van der Waals surface area contributed by atoms with Crippen LogP contribution in [0.15, 0.2) is 23.4 Å². The molecular formula is C12H15NO4. The number of carbonyl (C=O) groups excluding carboxylic acids is 1. The zero-order valence-electron chi connectivity index (χ0n) is 9.84. The molecule has 1 aromatic rings. The van der Waals surface area contributed by atoms with Crippen LogP contribution in [0.1, 0.15) is 29.8 Å². The van der Waals surface area contributed by atoms with Gasteiger partial charge in [0.25, 0.3) is 0 Å². The largest absolute Gasteiger partial charge is 0.507 e. The van der Waals surface area contributed by atoms with Gasteiger partial charge < -0.3 is 14.7 Å². The Labute approximate surface area is 99.7 Å². The highest BCUT2D eigenvalue weighted by molar-refractivity contribution is 6.01. The van der Waals surface area contributed by atoms with Crippen LogP contribution in [0, 0.1) is 0 Å². The summed E-state index contributed by atoms with van der Waals surface area (Å²) in [6, 6.07) is 4.68. The fourth-order valence-electron chi connectivity index (χ4n) is 1.26. The molecule has 0 heterocycles. The molecule has 0 saturated carbocycles. The number of phenolic OH excluding ortho intramolecular Hbond substituents is 1. The molecule has 5 nitrogen and oxygen atoms in total. The number of nitrogens with zero attached hydrogens (tertiary/aromatic N) is 1. The third-order valence-corrected chi connectivity index (χ3v) is 1.95. The minimum atomic E-state index is -0.580. The Morgan fingerprint density at radius 3 is 2.82 bits per heavy atom. The summed E-state index contributed by atoms with van der Waals surface area (Å²) in [4.78, 5) is 16.4. The predicted octanol–water partition coefficient (Wildman–Crippen LogP) is 1.94. The van der Waals surface area contributed by atoms with E-state index in [4.69, 9.17) is 9.57 Å². The van der Waals surface area contributed by atoms with Gasteiger partial charge in [0.15, 0.2) is 0 Å². The van der Waals surface area contributed by atoms with E-state index in [1.54, 1.807) is 26.0 Å². The number of rotatable bonds is 5. The highest BCUT2D eigenvalue weighted by Crippen LogP contribution is 2.20. The monoisotopic (exact) mass is 237 g/mol. The van der Waals surface area contributed by atoms with E-state index in [0.29, 0.717) is 12.2 Å². The van der Waals surface area contributed by atoms with Crippen molar-refractivity contribution >= 4 is 12.2 Å². The van der Waals surface area contributed by atoms with Crippen LogP contribution in [0.3, 0.4) is 0 Å². The molecule has 0 radical (unpaired) electrons. The highest BCUT2D eigenvalue weighted by atomic mass is 16.6. The van der Waals surface area contributed by atoms with Crippen molar-refractivity contribution in [3.05, 3.63) is 29.3 Å². The molecule has 0 saturated heterocycles. The summed E-state index contributed by atoms with van der Waals surface area (Å²) < 4.78 is 4.85. The SMILES string of the molecule is CCON=Cc1cccc(O)c1C(=O)OCC. The molecule has 0 bridgehead atoms. The summed E-state index contributed by atoms with van der Waals surface area (Å²) in [6.07, 6.45) is 1.37. The number of ether oxygens (including phenoxy) is 1. The number of esters is 1. The van der Waals surface area contributed by atoms with Crippen molar-refractivity contribution in [2.45, 2.75) is 13.8 Å². The van der Waals surface area contributed by atoms with E-state index in [1.165, 1.54) is 12.3 Å². The topological polar surface area (TPSA) is 68.1 Å². The molecule has 1 aromatic carbocycles. The van der Waals surface area contributed by atoms with Crippen LogP contribution in [-0.2, 0) is 9.57 Å². The van der Waals surface area contributed by atoms with Gasteiger partial charge >= 0.3 is 5.97 Å². The lowest BCUT2D eigenvalue weighted by atomic mass is 10.1. The normalized spacial score (nSPS) is 10.5. The van der Waals surface area contributed by atoms with E-state index in [0.717, 1.165) is 0 Å². The van der Waals surface area contributed by atoms with Gasteiger partial charge in [0, 0.05) is 5.56 Å². The molecule has 0 amide bonds. The molecule has 0 aromatic heterocycles. The van der Waals surface area contributed by atoms with E-state index < -0.39 is 5.97 Å². The predicted molar refractivity (Wildman–Crippen MR) is 63.3 cm³/mol. The van der Waals surface area contributed by atoms with Gasteiger partial charge in [-0.3, -0.25) is 0 Å². The van der Waals surface area contributed by atoms with Crippen molar-refractivity contribution in [3.63, 3.8) is 0 Å². The van der Waals surface area contributed by atoms with Gasteiger partial charge in [-0.2, -0.15) is 0 Å². The van der Waals surface area contributed by atoms with Gasteiger partial charge in [-0.1, -0.05) is 17.3 Å². The molecule has 1 rings (SSSR count). The first-order chi connectivity index (χ1) is 8.20. The van der Waals surface area contributed by atoms with Crippen molar-refractivity contribution in [2.24, 2.45) is 5.16 Å². The quantitative estimate of drug-likeness (QED) is 0.482. The van der Waals surface area contributed by atoms with Crippen molar-refractivity contribution in [1.82, 2.24) is 0 Å². The standard InChI is InChI=1S/C12H15NO4/c1-3-16-12(15)11-9(8-13-17-4-2)6-5-7-10(11)14/h5-8,14H,3-4H2,1-2H3. The summed E-state index contributed by atoms with van der Waals surface area (Å²) in [5, 5.41) is 13.3. The van der Waals surface area contributed by atoms with Crippen LogP contribution in [-0.4, -0.2) is 30.5 Å². The molecule has 0 atom stereocenters. The maximum Gasteiger partial charge on any atom is 0.342 e.